The number of carbonyl (C=O) groups excluding carboxylic acids is 1. The van der Waals surface area contributed by atoms with Gasteiger partial charge in [-0.1, -0.05) is 34.1 Å². The van der Waals surface area contributed by atoms with Crippen LogP contribution < -0.4 is 15.4 Å². The Morgan fingerprint density at radius 1 is 1.10 bits per heavy atom. The SMILES string of the molecule is COc1ccc(N[C@H](c2ccco2)[C@H](Cc2ccccc2Br)NC(=O)C(F)(F)F)cc1. The van der Waals surface area contributed by atoms with E-state index in [9.17, 15) is 18.0 Å². The second-order valence-corrected chi connectivity index (χ2v) is 7.59. The smallest absolute Gasteiger partial charge is 0.471 e. The Morgan fingerprint density at radius 3 is 2.39 bits per heavy atom. The van der Waals surface area contributed by atoms with Crippen molar-refractivity contribution in [2.75, 3.05) is 12.4 Å². The van der Waals surface area contributed by atoms with E-state index in [1.54, 1.807) is 60.7 Å². The molecular formula is C22H20BrF3N2O3. The summed E-state index contributed by atoms with van der Waals surface area (Å²) in [7, 11) is 1.54. The maximum absolute atomic E-state index is 13.1. The average Bonchev–Trinajstić information content (AvgIpc) is 3.27. The number of amides is 1. The van der Waals surface area contributed by atoms with E-state index in [0.717, 1.165) is 10.0 Å². The molecule has 2 N–H and O–H groups in total. The molecule has 0 fully saturated rings. The number of furan rings is 1. The number of methoxy groups -OCH3 is 1. The first kappa shape index (κ1) is 22.7. The van der Waals surface area contributed by atoms with Gasteiger partial charge in [-0.15, -0.1) is 0 Å². The molecule has 2 atom stereocenters. The highest BCUT2D eigenvalue weighted by Crippen LogP contribution is 2.29. The van der Waals surface area contributed by atoms with Crippen molar-refractivity contribution in [2.45, 2.75) is 24.7 Å². The Hall–Kier alpha value is -2.94. The molecule has 1 amide bonds. The summed E-state index contributed by atoms with van der Waals surface area (Å²) >= 11 is 3.42. The molecule has 0 aliphatic carbocycles. The predicted molar refractivity (Wildman–Crippen MR) is 114 cm³/mol. The van der Waals surface area contributed by atoms with Crippen molar-refractivity contribution in [1.82, 2.24) is 5.32 Å². The lowest BCUT2D eigenvalue weighted by Gasteiger charge is -2.29. The van der Waals surface area contributed by atoms with E-state index >= 15 is 0 Å². The number of benzene rings is 2. The second kappa shape index (κ2) is 9.91. The molecule has 164 valence electrons. The summed E-state index contributed by atoms with van der Waals surface area (Å²) in [5.74, 6) is -0.997. The van der Waals surface area contributed by atoms with Crippen molar-refractivity contribution in [2.24, 2.45) is 0 Å². The Labute approximate surface area is 185 Å². The number of carbonyl (C=O) groups is 1. The van der Waals surface area contributed by atoms with E-state index in [1.165, 1.54) is 13.4 Å². The van der Waals surface area contributed by atoms with Crippen molar-refractivity contribution in [1.29, 1.82) is 0 Å². The molecule has 0 bridgehead atoms. The van der Waals surface area contributed by atoms with Crippen molar-refractivity contribution in [3.05, 3.63) is 82.7 Å². The monoisotopic (exact) mass is 496 g/mol. The Balaban J connectivity index is 1.96. The van der Waals surface area contributed by atoms with Gasteiger partial charge >= 0.3 is 12.1 Å². The van der Waals surface area contributed by atoms with E-state index in [0.29, 0.717) is 17.2 Å². The van der Waals surface area contributed by atoms with Crippen LogP contribution in [0.25, 0.3) is 0 Å². The summed E-state index contributed by atoms with van der Waals surface area (Å²) in [6, 6.07) is 15.6. The number of nitrogens with one attached hydrogen (secondary N) is 2. The van der Waals surface area contributed by atoms with E-state index in [1.807, 2.05) is 0 Å². The lowest BCUT2D eigenvalue weighted by atomic mass is 9.97. The molecule has 0 aliphatic heterocycles. The molecule has 9 heteroatoms. The Morgan fingerprint density at radius 2 is 1.81 bits per heavy atom. The third kappa shape index (κ3) is 6.04. The van der Waals surface area contributed by atoms with E-state index in [2.05, 4.69) is 26.6 Å². The van der Waals surface area contributed by atoms with Crippen LogP contribution in [-0.2, 0) is 11.2 Å². The number of halogens is 4. The minimum Gasteiger partial charge on any atom is -0.497 e. The van der Waals surface area contributed by atoms with Gasteiger partial charge < -0.3 is 19.8 Å². The highest BCUT2D eigenvalue weighted by molar-refractivity contribution is 9.10. The zero-order chi connectivity index (χ0) is 22.4. The van der Waals surface area contributed by atoms with Crippen LogP contribution >= 0.6 is 15.9 Å². The molecule has 0 saturated carbocycles. The van der Waals surface area contributed by atoms with Gasteiger partial charge in [-0.25, -0.2) is 0 Å². The fourth-order valence-electron chi connectivity index (χ4n) is 3.11. The molecular weight excluding hydrogens is 477 g/mol. The van der Waals surface area contributed by atoms with Gasteiger partial charge in [-0.2, -0.15) is 13.2 Å². The van der Waals surface area contributed by atoms with Crippen molar-refractivity contribution < 1.29 is 27.1 Å². The first-order valence-corrected chi connectivity index (χ1v) is 10.1. The molecule has 3 rings (SSSR count). The fourth-order valence-corrected chi connectivity index (χ4v) is 3.55. The van der Waals surface area contributed by atoms with Crippen molar-refractivity contribution in [3.63, 3.8) is 0 Å². The number of ether oxygens (including phenoxy) is 1. The fraction of sp³-hybridized carbons (Fsp3) is 0.227. The third-order valence-electron chi connectivity index (χ3n) is 4.64. The van der Waals surface area contributed by atoms with Gasteiger partial charge in [0.2, 0.25) is 0 Å². The van der Waals surface area contributed by atoms with Crippen LogP contribution in [0.3, 0.4) is 0 Å². The first-order chi connectivity index (χ1) is 14.8. The molecule has 2 aromatic carbocycles. The van der Waals surface area contributed by atoms with Crippen LogP contribution in [0.1, 0.15) is 17.4 Å². The second-order valence-electron chi connectivity index (χ2n) is 6.74. The number of rotatable bonds is 8. The van der Waals surface area contributed by atoms with Crippen LogP contribution in [0.4, 0.5) is 18.9 Å². The Bertz CT molecular complexity index is 992. The summed E-state index contributed by atoms with van der Waals surface area (Å²) in [5.41, 5.74) is 1.36. The molecule has 1 aromatic heterocycles. The van der Waals surface area contributed by atoms with Gasteiger partial charge in [0.05, 0.1) is 19.4 Å². The van der Waals surface area contributed by atoms with Crippen LogP contribution in [-0.4, -0.2) is 25.2 Å². The van der Waals surface area contributed by atoms with Gasteiger partial charge in [0, 0.05) is 10.2 Å². The number of hydrogen-bond donors (Lipinski definition) is 2. The molecule has 5 nitrogen and oxygen atoms in total. The summed E-state index contributed by atoms with van der Waals surface area (Å²) in [6.07, 6.45) is -3.46. The predicted octanol–water partition coefficient (Wildman–Crippen LogP) is 5.49. The number of hydrogen-bond acceptors (Lipinski definition) is 4. The lowest BCUT2D eigenvalue weighted by molar-refractivity contribution is -0.174. The topological polar surface area (TPSA) is 63.5 Å². The maximum atomic E-state index is 13.1. The number of anilines is 1. The molecule has 1 heterocycles. The van der Waals surface area contributed by atoms with E-state index in [-0.39, 0.29) is 6.42 Å². The van der Waals surface area contributed by atoms with E-state index < -0.39 is 24.2 Å². The molecule has 0 spiro atoms. The molecule has 0 radical (unpaired) electrons. The zero-order valence-corrected chi connectivity index (χ0v) is 18.0. The molecule has 0 unspecified atom stereocenters. The van der Waals surface area contributed by atoms with Gasteiger partial charge in [0.1, 0.15) is 17.6 Å². The maximum Gasteiger partial charge on any atom is 0.471 e. The largest absolute Gasteiger partial charge is 0.497 e. The Kier molecular flexibility index (Phi) is 7.27. The van der Waals surface area contributed by atoms with Gasteiger partial charge in [-0.3, -0.25) is 4.79 Å². The van der Waals surface area contributed by atoms with Crippen LogP contribution in [0.15, 0.2) is 75.8 Å². The highest BCUT2D eigenvalue weighted by atomic mass is 79.9. The quantitative estimate of drug-likeness (QED) is 0.432. The third-order valence-corrected chi connectivity index (χ3v) is 5.41. The van der Waals surface area contributed by atoms with E-state index in [4.69, 9.17) is 9.15 Å². The minimum atomic E-state index is -5.01. The van der Waals surface area contributed by atoms with Crippen molar-refractivity contribution >= 4 is 27.5 Å². The molecule has 31 heavy (non-hydrogen) atoms. The van der Waals surface area contributed by atoms with Gasteiger partial charge in [-0.05, 0) is 54.4 Å². The minimum absolute atomic E-state index is 0.123. The summed E-state index contributed by atoms with van der Waals surface area (Å²) in [6.45, 7) is 0. The van der Waals surface area contributed by atoms with Crippen molar-refractivity contribution in [3.8, 4) is 5.75 Å². The van der Waals surface area contributed by atoms with Gasteiger partial charge in [0.25, 0.3) is 0 Å². The standard InChI is InChI=1S/C22H20BrF3N2O3/c1-30-16-10-8-15(9-11-16)27-20(19-7-4-12-31-19)18(28-21(29)22(24,25)26)13-14-5-2-3-6-17(14)23/h2-12,18,20,27H,13H2,1H3,(H,28,29)/t18-,20-/m0/s1. The van der Waals surface area contributed by atoms with Crippen LogP contribution in [0.5, 0.6) is 5.75 Å². The average molecular weight is 497 g/mol. The summed E-state index contributed by atoms with van der Waals surface area (Å²) < 4.78 is 50.6. The zero-order valence-electron chi connectivity index (χ0n) is 16.4. The van der Waals surface area contributed by atoms with Crippen LogP contribution in [0.2, 0.25) is 0 Å². The first-order valence-electron chi connectivity index (χ1n) is 9.33. The molecule has 0 aliphatic rings. The lowest BCUT2D eigenvalue weighted by Crippen LogP contribution is -2.48. The molecule has 3 aromatic rings. The summed E-state index contributed by atoms with van der Waals surface area (Å²) in [4.78, 5) is 11.8. The summed E-state index contributed by atoms with van der Waals surface area (Å²) in [5, 5.41) is 5.31. The number of alkyl halides is 3. The molecule has 0 saturated heterocycles. The highest BCUT2D eigenvalue weighted by Gasteiger charge is 2.41. The normalized spacial score (nSPS) is 13.3. The van der Waals surface area contributed by atoms with Gasteiger partial charge in [0.15, 0.2) is 0 Å². The van der Waals surface area contributed by atoms with Crippen LogP contribution in [0, 0.1) is 0 Å².